The van der Waals surface area contributed by atoms with Crippen LogP contribution in [0.25, 0.3) is 0 Å². The van der Waals surface area contributed by atoms with Gasteiger partial charge in [0.05, 0.1) is 4.90 Å². The predicted octanol–water partition coefficient (Wildman–Crippen LogP) is 1.37. The maximum Gasteiger partial charge on any atom is 0.537 e. The molecule has 4 nitrogen and oxygen atoms in total. The molecule has 0 amide bonds. The minimum absolute atomic E-state index is 0.167. The van der Waals surface area contributed by atoms with Crippen LogP contribution in [0.15, 0.2) is 29.2 Å². The first-order valence-corrected chi connectivity index (χ1v) is 5.47. The Morgan fingerprint density at radius 2 is 1.69 bits per heavy atom. The third-order valence-corrected chi connectivity index (χ3v) is 2.91. The summed E-state index contributed by atoms with van der Waals surface area (Å²) in [6.07, 6.45) is -5.23. The van der Waals surface area contributed by atoms with E-state index < -0.39 is 21.4 Å². The molecule has 0 aliphatic carbocycles. The molecule has 0 aromatic heterocycles. The fraction of sp³-hybridized carbons (Fsp3) is 0.250. The lowest BCUT2D eigenvalue weighted by molar-refractivity contribution is -0.271. The van der Waals surface area contributed by atoms with Gasteiger partial charge in [0, 0.05) is 6.54 Å². The van der Waals surface area contributed by atoms with Gasteiger partial charge in [-0.3, -0.25) is 0 Å². The summed E-state index contributed by atoms with van der Waals surface area (Å²) in [5.41, 5.74) is 5.85. The summed E-state index contributed by atoms with van der Waals surface area (Å²) in [5, 5.41) is 0. The molecule has 0 bridgehead atoms. The molecule has 1 rings (SSSR count). The van der Waals surface area contributed by atoms with Crippen LogP contribution in [-0.4, -0.2) is 14.8 Å². The van der Waals surface area contributed by atoms with E-state index >= 15 is 0 Å². The highest BCUT2D eigenvalue weighted by molar-refractivity contribution is 7.86. The third-order valence-electron chi connectivity index (χ3n) is 1.65. The molecule has 0 aliphatic rings. The van der Waals surface area contributed by atoms with E-state index in [1.165, 1.54) is 12.1 Å². The topological polar surface area (TPSA) is 69.4 Å². The first kappa shape index (κ1) is 12.9. The number of hydrogen-bond acceptors (Lipinski definition) is 4. The molecule has 0 radical (unpaired) electrons. The average Bonchev–Trinajstić information content (AvgIpc) is 2.14. The molecule has 16 heavy (non-hydrogen) atoms. The monoisotopic (exact) mass is 255 g/mol. The second-order valence-corrected chi connectivity index (χ2v) is 4.38. The van der Waals surface area contributed by atoms with Crippen LogP contribution in [0.1, 0.15) is 5.56 Å². The molecule has 0 saturated carbocycles. The highest BCUT2D eigenvalue weighted by atomic mass is 32.2. The van der Waals surface area contributed by atoms with Gasteiger partial charge in [-0.1, -0.05) is 12.1 Å². The standard InChI is InChI=1S/C8H8F3NO3S/c9-8(10,11)15-16(13,14)7-3-1-6(5-12)2-4-7/h1-4H,5,12H2. The molecule has 0 aliphatic heterocycles. The Bertz CT molecular complexity index is 452. The Morgan fingerprint density at radius 1 is 1.19 bits per heavy atom. The Balaban J connectivity index is 2.99. The van der Waals surface area contributed by atoms with E-state index in [9.17, 15) is 21.6 Å². The van der Waals surface area contributed by atoms with Gasteiger partial charge in [-0.2, -0.15) is 12.6 Å². The molecule has 0 fully saturated rings. The Kier molecular flexibility index (Phi) is 3.56. The smallest absolute Gasteiger partial charge is 0.326 e. The maximum absolute atomic E-state index is 11.8. The van der Waals surface area contributed by atoms with Crippen molar-refractivity contribution in [2.24, 2.45) is 5.73 Å². The molecule has 1 aromatic rings. The quantitative estimate of drug-likeness (QED) is 0.828. The zero-order valence-electron chi connectivity index (χ0n) is 7.86. The van der Waals surface area contributed by atoms with Gasteiger partial charge in [0.1, 0.15) is 0 Å². The molecule has 1 aromatic carbocycles. The lowest BCUT2D eigenvalue weighted by Crippen LogP contribution is -2.19. The summed E-state index contributed by atoms with van der Waals surface area (Å²) < 4.78 is 60.5. The average molecular weight is 255 g/mol. The molecular formula is C8H8F3NO3S. The van der Waals surface area contributed by atoms with E-state index in [-0.39, 0.29) is 6.54 Å². The van der Waals surface area contributed by atoms with E-state index in [0.29, 0.717) is 5.56 Å². The van der Waals surface area contributed by atoms with Crippen LogP contribution < -0.4 is 5.73 Å². The van der Waals surface area contributed by atoms with Crippen LogP contribution >= 0.6 is 0 Å². The first-order valence-electron chi connectivity index (χ1n) is 4.06. The molecule has 0 atom stereocenters. The zero-order chi connectivity index (χ0) is 12.4. The number of halogens is 3. The summed E-state index contributed by atoms with van der Waals surface area (Å²) in [6.45, 7) is 0.167. The fourth-order valence-electron chi connectivity index (χ4n) is 0.965. The maximum atomic E-state index is 11.8. The summed E-state index contributed by atoms with van der Waals surface area (Å²) in [5.74, 6) is 0. The second kappa shape index (κ2) is 4.40. The second-order valence-electron chi connectivity index (χ2n) is 2.83. The number of rotatable bonds is 3. The van der Waals surface area contributed by atoms with Crippen molar-refractivity contribution in [3.63, 3.8) is 0 Å². The molecule has 90 valence electrons. The number of alkyl halides is 3. The van der Waals surface area contributed by atoms with Gasteiger partial charge in [0.25, 0.3) is 0 Å². The van der Waals surface area contributed by atoms with Crippen LogP contribution in [0.3, 0.4) is 0 Å². The van der Waals surface area contributed by atoms with Crippen LogP contribution in [0, 0.1) is 0 Å². The van der Waals surface area contributed by atoms with Crippen molar-refractivity contribution in [3.8, 4) is 0 Å². The summed E-state index contributed by atoms with van der Waals surface area (Å²) in [7, 11) is -4.81. The predicted molar refractivity (Wildman–Crippen MR) is 48.7 cm³/mol. The number of hydrogen-bond donors (Lipinski definition) is 1. The minimum atomic E-state index is -5.23. The fourth-order valence-corrected chi connectivity index (χ4v) is 1.78. The van der Waals surface area contributed by atoms with Crippen molar-refractivity contribution < 1.29 is 25.8 Å². The van der Waals surface area contributed by atoms with Gasteiger partial charge in [-0.15, -0.1) is 13.2 Å². The normalized spacial score (nSPS) is 12.8. The van der Waals surface area contributed by atoms with Crippen LogP contribution in [-0.2, 0) is 20.8 Å². The van der Waals surface area contributed by atoms with Gasteiger partial charge in [0.15, 0.2) is 0 Å². The third kappa shape index (κ3) is 3.47. The molecule has 0 heterocycles. The van der Waals surface area contributed by atoms with Gasteiger partial charge >= 0.3 is 16.5 Å². The largest absolute Gasteiger partial charge is 0.537 e. The van der Waals surface area contributed by atoms with Crippen LogP contribution in [0.2, 0.25) is 0 Å². The van der Waals surface area contributed by atoms with Gasteiger partial charge in [-0.25, -0.2) is 0 Å². The molecular weight excluding hydrogens is 247 g/mol. The van der Waals surface area contributed by atoms with Crippen molar-refractivity contribution in [1.82, 2.24) is 0 Å². The van der Waals surface area contributed by atoms with Gasteiger partial charge in [-0.05, 0) is 17.7 Å². The van der Waals surface area contributed by atoms with E-state index in [4.69, 9.17) is 5.73 Å². The van der Waals surface area contributed by atoms with E-state index in [0.717, 1.165) is 12.1 Å². The minimum Gasteiger partial charge on any atom is -0.326 e. The van der Waals surface area contributed by atoms with Crippen molar-refractivity contribution >= 4 is 10.1 Å². The number of nitrogens with two attached hydrogens (primary N) is 1. The van der Waals surface area contributed by atoms with Gasteiger partial charge in [0.2, 0.25) is 0 Å². The van der Waals surface area contributed by atoms with Crippen LogP contribution in [0.5, 0.6) is 0 Å². The van der Waals surface area contributed by atoms with Crippen molar-refractivity contribution in [3.05, 3.63) is 29.8 Å². The summed E-state index contributed by atoms with van der Waals surface area (Å²) >= 11 is 0. The van der Waals surface area contributed by atoms with E-state index in [1.54, 1.807) is 0 Å². The lowest BCUT2D eigenvalue weighted by atomic mass is 10.2. The molecule has 8 heteroatoms. The van der Waals surface area contributed by atoms with Crippen molar-refractivity contribution in [2.45, 2.75) is 17.8 Å². The number of benzene rings is 1. The highest BCUT2D eigenvalue weighted by Crippen LogP contribution is 2.24. The lowest BCUT2D eigenvalue weighted by Gasteiger charge is -2.08. The summed E-state index contributed by atoms with van der Waals surface area (Å²) in [6, 6.07) is 4.63. The first-order chi connectivity index (χ1) is 7.24. The van der Waals surface area contributed by atoms with Gasteiger partial charge < -0.3 is 5.73 Å². The molecule has 0 spiro atoms. The Hall–Kier alpha value is -1.12. The highest BCUT2D eigenvalue weighted by Gasteiger charge is 2.37. The summed E-state index contributed by atoms with van der Waals surface area (Å²) in [4.78, 5) is -0.568. The van der Waals surface area contributed by atoms with Crippen LogP contribution in [0.4, 0.5) is 13.2 Å². The Labute approximate surface area is 89.9 Å². The van der Waals surface area contributed by atoms with Crippen molar-refractivity contribution in [2.75, 3.05) is 0 Å². The zero-order valence-corrected chi connectivity index (χ0v) is 8.68. The molecule has 0 unspecified atom stereocenters. The SMILES string of the molecule is NCc1ccc(S(=O)(=O)OC(F)(F)F)cc1. The van der Waals surface area contributed by atoms with E-state index in [2.05, 4.69) is 4.18 Å². The van der Waals surface area contributed by atoms with Crippen molar-refractivity contribution in [1.29, 1.82) is 0 Å². The van der Waals surface area contributed by atoms with E-state index in [1.807, 2.05) is 0 Å². The molecule has 0 saturated heterocycles. The molecule has 2 N–H and O–H groups in total. The Morgan fingerprint density at radius 3 is 2.06 bits per heavy atom.